The molecule has 1 saturated carbocycles. The van der Waals surface area contributed by atoms with Crippen molar-refractivity contribution in [2.24, 2.45) is 5.92 Å². The molecule has 1 fully saturated rings. The molecule has 0 bridgehead atoms. The van der Waals surface area contributed by atoms with Gasteiger partial charge in [0.2, 0.25) is 0 Å². The molecule has 0 saturated heterocycles. The third kappa shape index (κ3) is 3.49. The lowest BCUT2D eigenvalue weighted by molar-refractivity contribution is -0.0711. The summed E-state index contributed by atoms with van der Waals surface area (Å²) in [6.07, 6.45) is 8.69. The average Bonchev–Trinajstić information content (AvgIpc) is 2.50. The SMILES string of the molecule is CCCC1CCC(O)(CC2OCCc3ccccc32)CC1. The predicted molar refractivity (Wildman–Crippen MR) is 85.3 cm³/mol. The van der Waals surface area contributed by atoms with E-state index >= 15 is 0 Å². The first-order valence-electron chi connectivity index (χ1n) is 8.62. The number of fused-ring (bicyclic) bond motifs is 1. The molecular formula is C19H28O2. The summed E-state index contributed by atoms with van der Waals surface area (Å²) in [6, 6.07) is 8.56. The molecule has 0 radical (unpaired) electrons. The van der Waals surface area contributed by atoms with Gasteiger partial charge in [0.15, 0.2) is 0 Å². The van der Waals surface area contributed by atoms with E-state index in [1.807, 2.05) is 0 Å². The van der Waals surface area contributed by atoms with Crippen molar-refractivity contribution in [2.45, 2.75) is 70.0 Å². The largest absolute Gasteiger partial charge is 0.390 e. The number of rotatable bonds is 4. The topological polar surface area (TPSA) is 29.5 Å². The highest BCUT2D eigenvalue weighted by atomic mass is 16.5. The lowest BCUT2D eigenvalue weighted by atomic mass is 9.74. The summed E-state index contributed by atoms with van der Waals surface area (Å²) in [5.74, 6) is 0.829. The zero-order valence-electron chi connectivity index (χ0n) is 13.2. The molecule has 1 aliphatic carbocycles. The Hall–Kier alpha value is -0.860. The highest BCUT2D eigenvalue weighted by Gasteiger charge is 2.36. The van der Waals surface area contributed by atoms with Crippen molar-refractivity contribution in [1.82, 2.24) is 0 Å². The maximum absolute atomic E-state index is 11.0. The van der Waals surface area contributed by atoms with Gasteiger partial charge in [0.05, 0.1) is 18.3 Å². The molecule has 0 aromatic heterocycles. The van der Waals surface area contributed by atoms with Crippen molar-refractivity contribution < 1.29 is 9.84 Å². The van der Waals surface area contributed by atoms with Gasteiger partial charge in [-0.15, -0.1) is 0 Å². The van der Waals surface area contributed by atoms with Gasteiger partial charge < -0.3 is 9.84 Å². The van der Waals surface area contributed by atoms with Crippen LogP contribution >= 0.6 is 0 Å². The van der Waals surface area contributed by atoms with Gasteiger partial charge in [0, 0.05) is 6.42 Å². The molecule has 1 unspecified atom stereocenters. The minimum absolute atomic E-state index is 0.0858. The van der Waals surface area contributed by atoms with Crippen LogP contribution in [0, 0.1) is 5.92 Å². The first kappa shape index (κ1) is 15.1. The van der Waals surface area contributed by atoms with Crippen molar-refractivity contribution in [3.05, 3.63) is 35.4 Å². The molecule has 1 aromatic carbocycles. The van der Waals surface area contributed by atoms with Gasteiger partial charge in [-0.05, 0) is 49.1 Å². The molecular weight excluding hydrogens is 260 g/mol. The van der Waals surface area contributed by atoms with Gasteiger partial charge in [0.25, 0.3) is 0 Å². The number of ether oxygens (including phenoxy) is 1. The Bertz CT molecular complexity index is 460. The van der Waals surface area contributed by atoms with Crippen LogP contribution in [0.15, 0.2) is 24.3 Å². The molecule has 0 amide bonds. The molecule has 1 aliphatic heterocycles. The van der Waals surface area contributed by atoms with Crippen molar-refractivity contribution in [3.63, 3.8) is 0 Å². The van der Waals surface area contributed by atoms with E-state index in [1.165, 1.54) is 36.8 Å². The zero-order valence-corrected chi connectivity index (χ0v) is 13.2. The van der Waals surface area contributed by atoms with Crippen molar-refractivity contribution in [3.8, 4) is 0 Å². The van der Waals surface area contributed by atoms with Gasteiger partial charge in [0.1, 0.15) is 0 Å². The Labute approximate surface area is 128 Å². The van der Waals surface area contributed by atoms with Gasteiger partial charge in [-0.1, -0.05) is 44.0 Å². The maximum atomic E-state index is 11.0. The molecule has 2 nitrogen and oxygen atoms in total. The fraction of sp³-hybridized carbons (Fsp3) is 0.684. The van der Waals surface area contributed by atoms with Crippen LogP contribution in [0.5, 0.6) is 0 Å². The molecule has 1 heterocycles. The summed E-state index contributed by atoms with van der Waals surface area (Å²) in [5, 5.41) is 11.0. The lowest BCUT2D eigenvalue weighted by Gasteiger charge is -2.39. The quantitative estimate of drug-likeness (QED) is 0.889. The summed E-state index contributed by atoms with van der Waals surface area (Å²) in [4.78, 5) is 0. The summed E-state index contributed by atoms with van der Waals surface area (Å²) in [5.41, 5.74) is 2.18. The van der Waals surface area contributed by atoms with Crippen LogP contribution in [-0.4, -0.2) is 17.3 Å². The van der Waals surface area contributed by atoms with Crippen LogP contribution in [0.3, 0.4) is 0 Å². The van der Waals surface area contributed by atoms with Crippen LogP contribution in [0.2, 0.25) is 0 Å². The van der Waals surface area contributed by atoms with E-state index in [2.05, 4.69) is 31.2 Å². The molecule has 1 aromatic rings. The fourth-order valence-corrected chi connectivity index (χ4v) is 4.11. The van der Waals surface area contributed by atoms with Crippen molar-refractivity contribution in [1.29, 1.82) is 0 Å². The summed E-state index contributed by atoms with van der Waals surface area (Å²) >= 11 is 0. The number of hydrogen-bond donors (Lipinski definition) is 1. The zero-order chi connectivity index (χ0) is 14.7. The molecule has 1 atom stereocenters. The Morgan fingerprint density at radius 1 is 1.24 bits per heavy atom. The Morgan fingerprint density at radius 3 is 2.76 bits per heavy atom. The first-order chi connectivity index (χ1) is 10.2. The molecule has 0 spiro atoms. The minimum atomic E-state index is -0.515. The number of hydrogen-bond acceptors (Lipinski definition) is 2. The molecule has 2 aliphatic rings. The van der Waals surface area contributed by atoms with E-state index in [0.29, 0.717) is 0 Å². The Balaban J connectivity index is 1.65. The monoisotopic (exact) mass is 288 g/mol. The van der Waals surface area contributed by atoms with E-state index < -0.39 is 5.60 Å². The third-order valence-electron chi connectivity index (χ3n) is 5.39. The molecule has 3 rings (SSSR count). The second-order valence-electron chi connectivity index (χ2n) is 6.97. The summed E-state index contributed by atoms with van der Waals surface area (Å²) in [6.45, 7) is 3.05. The average molecular weight is 288 g/mol. The number of aliphatic hydroxyl groups is 1. The second kappa shape index (κ2) is 6.50. The Morgan fingerprint density at radius 2 is 2.00 bits per heavy atom. The normalized spacial score (nSPS) is 32.7. The molecule has 21 heavy (non-hydrogen) atoms. The van der Waals surface area contributed by atoms with Crippen LogP contribution in [0.4, 0.5) is 0 Å². The van der Waals surface area contributed by atoms with Gasteiger partial charge >= 0.3 is 0 Å². The lowest BCUT2D eigenvalue weighted by Crippen LogP contribution is -2.37. The molecule has 116 valence electrons. The smallest absolute Gasteiger partial charge is 0.0855 e. The number of benzene rings is 1. The van der Waals surface area contributed by atoms with Gasteiger partial charge in [-0.3, -0.25) is 0 Å². The van der Waals surface area contributed by atoms with E-state index in [-0.39, 0.29) is 6.10 Å². The second-order valence-corrected chi connectivity index (χ2v) is 6.97. The summed E-state index contributed by atoms with van der Waals surface area (Å²) < 4.78 is 5.99. The van der Waals surface area contributed by atoms with Gasteiger partial charge in [-0.25, -0.2) is 0 Å². The van der Waals surface area contributed by atoms with E-state index in [0.717, 1.165) is 38.2 Å². The fourth-order valence-electron chi connectivity index (χ4n) is 4.11. The first-order valence-corrected chi connectivity index (χ1v) is 8.62. The van der Waals surface area contributed by atoms with Crippen LogP contribution < -0.4 is 0 Å². The van der Waals surface area contributed by atoms with E-state index in [4.69, 9.17) is 4.74 Å². The highest BCUT2D eigenvalue weighted by molar-refractivity contribution is 5.31. The maximum Gasteiger partial charge on any atom is 0.0855 e. The van der Waals surface area contributed by atoms with Crippen molar-refractivity contribution in [2.75, 3.05) is 6.61 Å². The summed E-state index contributed by atoms with van der Waals surface area (Å²) in [7, 11) is 0. The van der Waals surface area contributed by atoms with Crippen LogP contribution in [-0.2, 0) is 11.2 Å². The standard InChI is InChI=1S/C19H28O2/c1-2-5-15-8-11-19(20,12-9-15)14-18-17-7-4-3-6-16(17)10-13-21-18/h3-4,6-7,15,18,20H,2,5,8-14H2,1H3. The van der Waals surface area contributed by atoms with E-state index in [1.54, 1.807) is 0 Å². The van der Waals surface area contributed by atoms with Crippen LogP contribution in [0.25, 0.3) is 0 Å². The third-order valence-corrected chi connectivity index (χ3v) is 5.39. The molecule has 1 N–H and O–H groups in total. The molecule has 2 heteroatoms. The predicted octanol–water partition coefficient (Wildman–Crippen LogP) is 4.41. The van der Waals surface area contributed by atoms with Gasteiger partial charge in [-0.2, -0.15) is 0 Å². The van der Waals surface area contributed by atoms with E-state index in [9.17, 15) is 5.11 Å². The highest BCUT2D eigenvalue weighted by Crippen LogP contribution is 2.41. The Kier molecular flexibility index (Phi) is 4.66. The van der Waals surface area contributed by atoms with Crippen molar-refractivity contribution >= 4 is 0 Å². The minimum Gasteiger partial charge on any atom is -0.390 e. The van der Waals surface area contributed by atoms with Crippen LogP contribution in [0.1, 0.15) is 69.1 Å².